The number of nitrogens with one attached hydrogen (secondary N) is 1. The second-order valence-electron chi connectivity index (χ2n) is 6.77. The number of methoxy groups -OCH3 is 1. The number of amides is 1. The average molecular weight is 362 g/mol. The Balaban J connectivity index is 1.55. The van der Waals surface area contributed by atoms with Crippen LogP contribution in [0.4, 0.5) is 0 Å². The lowest BCUT2D eigenvalue weighted by Gasteiger charge is -2.27. The van der Waals surface area contributed by atoms with Crippen LogP contribution in [0.15, 0.2) is 60.9 Å². The van der Waals surface area contributed by atoms with E-state index in [9.17, 15) is 9.90 Å². The lowest BCUT2D eigenvalue weighted by atomic mass is 9.87. The van der Waals surface area contributed by atoms with Crippen LogP contribution in [-0.2, 0) is 6.42 Å². The van der Waals surface area contributed by atoms with Crippen LogP contribution < -0.4 is 10.1 Å². The zero-order chi connectivity index (χ0) is 18.8. The van der Waals surface area contributed by atoms with E-state index in [1.807, 2.05) is 53.4 Å². The molecule has 0 spiro atoms. The normalized spacial score (nSPS) is 15.8. The monoisotopic (exact) mass is 362 g/mol. The number of ether oxygens (including phenoxy) is 1. The number of rotatable bonds is 4. The van der Waals surface area contributed by atoms with Gasteiger partial charge in [0.2, 0.25) is 0 Å². The van der Waals surface area contributed by atoms with Gasteiger partial charge in [-0.1, -0.05) is 6.07 Å². The Labute approximate surface area is 158 Å². The lowest BCUT2D eigenvalue weighted by molar-refractivity contribution is 0.0930. The number of hydrogen-bond donors (Lipinski definition) is 2. The van der Waals surface area contributed by atoms with E-state index in [1.165, 1.54) is 5.56 Å². The SMILES string of the molecule is COc1ccc2c(c1)CCCC2NC(=O)c1ccc(-n2cccc2)cc1O. The second kappa shape index (κ2) is 7.19. The molecule has 4 rings (SSSR count). The van der Waals surface area contributed by atoms with Gasteiger partial charge in [-0.15, -0.1) is 0 Å². The Kier molecular flexibility index (Phi) is 4.59. The molecule has 0 saturated carbocycles. The predicted octanol–water partition coefficient (Wildman–Crippen LogP) is 4.00. The highest BCUT2D eigenvalue weighted by Gasteiger charge is 2.23. The van der Waals surface area contributed by atoms with E-state index in [2.05, 4.69) is 5.32 Å². The molecule has 2 aromatic carbocycles. The van der Waals surface area contributed by atoms with Crippen molar-refractivity contribution >= 4 is 5.91 Å². The summed E-state index contributed by atoms with van der Waals surface area (Å²) in [4.78, 5) is 12.8. The number of phenols is 1. The zero-order valence-corrected chi connectivity index (χ0v) is 15.2. The molecule has 5 nitrogen and oxygen atoms in total. The maximum absolute atomic E-state index is 12.8. The molecule has 1 aliphatic carbocycles. The summed E-state index contributed by atoms with van der Waals surface area (Å²) in [5, 5.41) is 13.4. The third kappa shape index (κ3) is 3.40. The Hall–Kier alpha value is -3.21. The molecule has 1 unspecified atom stereocenters. The first kappa shape index (κ1) is 17.2. The number of nitrogens with zero attached hydrogens (tertiary/aromatic N) is 1. The summed E-state index contributed by atoms with van der Waals surface area (Å²) in [6.45, 7) is 0. The molecule has 0 radical (unpaired) electrons. The lowest BCUT2D eigenvalue weighted by Crippen LogP contribution is -2.31. The average Bonchev–Trinajstić information content (AvgIpc) is 3.22. The van der Waals surface area contributed by atoms with E-state index in [0.717, 1.165) is 36.3 Å². The molecular weight excluding hydrogens is 340 g/mol. The Morgan fingerprint density at radius 3 is 2.74 bits per heavy atom. The van der Waals surface area contributed by atoms with Crippen molar-refractivity contribution in [2.24, 2.45) is 0 Å². The van der Waals surface area contributed by atoms with E-state index in [1.54, 1.807) is 19.2 Å². The summed E-state index contributed by atoms with van der Waals surface area (Å²) in [6.07, 6.45) is 6.65. The maximum Gasteiger partial charge on any atom is 0.255 e. The molecule has 3 aromatic rings. The first-order valence-electron chi connectivity index (χ1n) is 9.10. The standard InChI is InChI=1S/C22H22N2O3/c1-27-17-8-10-18-15(13-17)5-4-6-20(18)23-22(26)19-9-7-16(14-21(19)25)24-11-2-3-12-24/h2-3,7-14,20,25H,4-6H2,1H3,(H,23,26). The summed E-state index contributed by atoms with van der Waals surface area (Å²) < 4.78 is 7.18. The molecule has 1 amide bonds. The number of aryl methyl sites for hydroxylation is 1. The van der Waals surface area contributed by atoms with Crippen molar-refractivity contribution in [1.29, 1.82) is 0 Å². The molecule has 2 N–H and O–H groups in total. The van der Waals surface area contributed by atoms with E-state index < -0.39 is 0 Å². The number of hydrogen-bond acceptors (Lipinski definition) is 3. The number of carbonyl (C=O) groups excluding carboxylic acids is 1. The van der Waals surface area contributed by atoms with Gasteiger partial charge in [0.15, 0.2) is 0 Å². The first-order chi connectivity index (χ1) is 13.2. The first-order valence-corrected chi connectivity index (χ1v) is 9.10. The molecule has 27 heavy (non-hydrogen) atoms. The van der Waals surface area contributed by atoms with Gasteiger partial charge in [-0.3, -0.25) is 4.79 Å². The van der Waals surface area contributed by atoms with E-state index in [0.29, 0.717) is 0 Å². The van der Waals surface area contributed by atoms with Crippen LogP contribution in [0.1, 0.15) is 40.4 Å². The van der Waals surface area contributed by atoms with Crippen LogP contribution in [0.3, 0.4) is 0 Å². The molecule has 138 valence electrons. The quantitative estimate of drug-likeness (QED) is 0.737. The molecular formula is C22H22N2O3. The molecule has 0 saturated heterocycles. The van der Waals surface area contributed by atoms with Crippen molar-refractivity contribution in [3.63, 3.8) is 0 Å². The summed E-state index contributed by atoms with van der Waals surface area (Å²) >= 11 is 0. The van der Waals surface area contributed by atoms with Crippen LogP contribution in [-0.4, -0.2) is 22.7 Å². The van der Waals surface area contributed by atoms with Gasteiger partial charge in [-0.05, 0) is 66.8 Å². The van der Waals surface area contributed by atoms with Gasteiger partial charge in [0.05, 0.1) is 18.7 Å². The third-order valence-corrected chi connectivity index (χ3v) is 5.10. The number of phenolic OH excluding ortho intramolecular Hbond substituents is 1. The highest BCUT2D eigenvalue weighted by atomic mass is 16.5. The van der Waals surface area contributed by atoms with Gasteiger partial charge >= 0.3 is 0 Å². The summed E-state index contributed by atoms with van der Waals surface area (Å²) in [7, 11) is 1.66. The maximum atomic E-state index is 12.8. The predicted molar refractivity (Wildman–Crippen MR) is 104 cm³/mol. The van der Waals surface area contributed by atoms with Gasteiger partial charge in [0, 0.05) is 24.1 Å². The summed E-state index contributed by atoms with van der Waals surface area (Å²) in [5.74, 6) is 0.545. The topological polar surface area (TPSA) is 63.5 Å². The van der Waals surface area contributed by atoms with Crippen LogP contribution in [0.25, 0.3) is 5.69 Å². The van der Waals surface area contributed by atoms with Crippen LogP contribution in [0, 0.1) is 0 Å². The highest BCUT2D eigenvalue weighted by Crippen LogP contribution is 2.33. The third-order valence-electron chi connectivity index (χ3n) is 5.10. The second-order valence-corrected chi connectivity index (χ2v) is 6.77. The molecule has 0 bridgehead atoms. The fraction of sp³-hybridized carbons (Fsp3) is 0.227. The molecule has 0 aliphatic heterocycles. The number of aromatic hydroxyl groups is 1. The Morgan fingerprint density at radius 2 is 2.00 bits per heavy atom. The fourth-order valence-electron chi connectivity index (χ4n) is 3.68. The zero-order valence-electron chi connectivity index (χ0n) is 15.2. The summed E-state index contributed by atoms with van der Waals surface area (Å²) in [5.41, 5.74) is 3.42. The molecule has 1 aromatic heterocycles. The Morgan fingerprint density at radius 1 is 1.19 bits per heavy atom. The number of fused-ring (bicyclic) bond motifs is 1. The molecule has 0 fully saturated rings. The van der Waals surface area contributed by atoms with Gasteiger partial charge in [-0.2, -0.15) is 0 Å². The fourth-order valence-corrected chi connectivity index (χ4v) is 3.68. The van der Waals surface area contributed by atoms with Gasteiger partial charge in [0.25, 0.3) is 5.91 Å². The van der Waals surface area contributed by atoms with Crippen molar-refractivity contribution in [2.45, 2.75) is 25.3 Å². The van der Waals surface area contributed by atoms with Crippen LogP contribution in [0.2, 0.25) is 0 Å². The van der Waals surface area contributed by atoms with Crippen molar-refractivity contribution in [1.82, 2.24) is 9.88 Å². The van der Waals surface area contributed by atoms with E-state index in [-0.39, 0.29) is 23.3 Å². The molecule has 5 heteroatoms. The highest BCUT2D eigenvalue weighted by molar-refractivity contribution is 5.97. The van der Waals surface area contributed by atoms with Gasteiger partial charge in [0.1, 0.15) is 11.5 Å². The largest absolute Gasteiger partial charge is 0.507 e. The Bertz CT molecular complexity index is 964. The minimum absolute atomic E-state index is 0.0236. The van der Waals surface area contributed by atoms with Crippen molar-refractivity contribution in [3.05, 3.63) is 77.6 Å². The van der Waals surface area contributed by atoms with Crippen molar-refractivity contribution < 1.29 is 14.6 Å². The molecule has 1 heterocycles. The van der Waals surface area contributed by atoms with Gasteiger partial charge in [-0.25, -0.2) is 0 Å². The number of aromatic nitrogens is 1. The minimum atomic E-state index is -0.264. The van der Waals surface area contributed by atoms with E-state index in [4.69, 9.17) is 4.74 Å². The van der Waals surface area contributed by atoms with E-state index >= 15 is 0 Å². The van der Waals surface area contributed by atoms with Crippen molar-refractivity contribution in [3.8, 4) is 17.2 Å². The van der Waals surface area contributed by atoms with Crippen molar-refractivity contribution in [2.75, 3.05) is 7.11 Å². The van der Waals surface area contributed by atoms with Crippen LogP contribution >= 0.6 is 0 Å². The number of benzene rings is 2. The number of carbonyl (C=O) groups is 1. The minimum Gasteiger partial charge on any atom is -0.507 e. The molecule has 1 aliphatic rings. The van der Waals surface area contributed by atoms with Gasteiger partial charge < -0.3 is 19.7 Å². The van der Waals surface area contributed by atoms with Crippen LogP contribution in [0.5, 0.6) is 11.5 Å². The molecule has 1 atom stereocenters. The smallest absolute Gasteiger partial charge is 0.255 e. The summed E-state index contributed by atoms with van der Waals surface area (Å²) in [6, 6.07) is 14.8.